The highest BCUT2D eigenvalue weighted by atomic mass is 16.5. The molecule has 1 heterocycles. The van der Waals surface area contributed by atoms with Gasteiger partial charge in [-0.05, 0) is 25.7 Å². The van der Waals surface area contributed by atoms with Gasteiger partial charge in [0.05, 0.1) is 31.3 Å². The molecular weight excluding hydrogens is 184 g/mol. The summed E-state index contributed by atoms with van der Waals surface area (Å²) < 4.78 is 10.4. The molecule has 2 rings (SSSR count). The molecule has 0 aromatic carbocycles. The smallest absolute Gasteiger partial charge is 0.314 e. The second-order valence-corrected chi connectivity index (χ2v) is 4.43. The molecule has 2 fully saturated rings. The Balaban J connectivity index is 2.20. The van der Waals surface area contributed by atoms with Gasteiger partial charge in [0.25, 0.3) is 0 Å². The fraction of sp³-hybridized carbons (Fsp3) is 0.900. The molecule has 0 radical (unpaired) electrons. The minimum absolute atomic E-state index is 0.00570. The maximum atomic E-state index is 11.6. The van der Waals surface area contributed by atoms with Gasteiger partial charge in [0.2, 0.25) is 0 Å². The van der Waals surface area contributed by atoms with Crippen molar-refractivity contribution in [2.45, 2.75) is 31.3 Å². The fourth-order valence-electron chi connectivity index (χ4n) is 2.71. The Morgan fingerprint density at radius 3 is 3.00 bits per heavy atom. The quantitative estimate of drug-likeness (QED) is 0.659. The number of methoxy groups -OCH3 is 1. The highest BCUT2D eigenvalue weighted by molar-refractivity contribution is 5.77. The van der Waals surface area contributed by atoms with Crippen LogP contribution in [0.3, 0.4) is 0 Å². The first kappa shape index (κ1) is 9.93. The summed E-state index contributed by atoms with van der Waals surface area (Å²) >= 11 is 0. The Hall–Kier alpha value is -0.610. The van der Waals surface area contributed by atoms with Gasteiger partial charge in [-0.2, -0.15) is 0 Å². The number of carbonyl (C=O) groups is 1. The van der Waals surface area contributed by atoms with Crippen molar-refractivity contribution in [3.8, 4) is 0 Å². The van der Waals surface area contributed by atoms with Crippen LogP contribution in [0.4, 0.5) is 0 Å². The lowest BCUT2D eigenvalue weighted by molar-refractivity contribution is -0.153. The first-order valence-corrected chi connectivity index (χ1v) is 5.00. The number of aliphatic hydroxyl groups excluding tert-OH is 1. The number of esters is 1. The van der Waals surface area contributed by atoms with Gasteiger partial charge in [-0.15, -0.1) is 0 Å². The summed E-state index contributed by atoms with van der Waals surface area (Å²) in [6.45, 7) is 0.409. The monoisotopic (exact) mass is 200 g/mol. The summed E-state index contributed by atoms with van der Waals surface area (Å²) in [5, 5.41) is 9.26. The molecule has 1 saturated carbocycles. The SMILES string of the molecule is COC(=O)[C@@]12CCCC(CO)(C1)OC2. The average molecular weight is 200 g/mol. The maximum Gasteiger partial charge on any atom is 0.314 e. The Morgan fingerprint density at radius 2 is 2.36 bits per heavy atom. The number of rotatable bonds is 2. The second-order valence-electron chi connectivity index (χ2n) is 4.43. The van der Waals surface area contributed by atoms with Crippen molar-refractivity contribution in [1.82, 2.24) is 0 Å². The van der Waals surface area contributed by atoms with Crippen LogP contribution in [0.2, 0.25) is 0 Å². The molecule has 1 aliphatic heterocycles. The molecule has 1 unspecified atom stereocenters. The summed E-state index contributed by atoms with van der Waals surface area (Å²) in [5.74, 6) is -0.187. The Morgan fingerprint density at radius 1 is 1.57 bits per heavy atom. The molecule has 1 aliphatic carbocycles. The largest absolute Gasteiger partial charge is 0.469 e. The van der Waals surface area contributed by atoms with E-state index in [0.717, 1.165) is 19.3 Å². The number of ether oxygens (including phenoxy) is 2. The van der Waals surface area contributed by atoms with E-state index in [0.29, 0.717) is 13.0 Å². The van der Waals surface area contributed by atoms with Crippen LogP contribution in [-0.4, -0.2) is 37.0 Å². The lowest BCUT2D eigenvalue weighted by atomic mass is 9.71. The molecule has 2 bridgehead atoms. The second kappa shape index (κ2) is 3.21. The van der Waals surface area contributed by atoms with Crippen molar-refractivity contribution in [1.29, 1.82) is 0 Å². The summed E-state index contributed by atoms with van der Waals surface area (Å²) in [4.78, 5) is 11.6. The highest BCUT2D eigenvalue weighted by Gasteiger charge is 2.56. The Bertz CT molecular complexity index is 253. The van der Waals surface area contributed by atoms with Crippen LogP contribution in [0.5, 0.6) is 0 Å². The van der Waals surface area contributed by atoms with Gasteiger partial charge < -0.3 is 14.6 Å². The summed E-state index contributed by atoms with van der Waals surface area (Å²) in [6.07, 6.45) is 3.21. The molecule has 14 heavy (non-hydrogen) atoms. The third kappa shape index (κ3) is 1.25. The van der Waals surface area contributed by atoms with Crippen molar-refractivity contribution in [2.75, 3.05) is 20.3 Å². The molecule has 4 heteroatoms. The molecule has 1 N–H and O–H groups in total. The zero-order chi connectivity index (χ0) is 10.2. The van der Waals surface area contributed by atoms with Crippen LogP contribution in [0, 0.1) is 5.41 Å². The fourth-order valence-corrected chi connectivity index (χ4v) is 2.71. The molecule has 2 aliphatic rings. The third-order valence-electron chi connectivity index (χ3n) is 3.51. The first-order chi connectivity index (χ1) is 6.66. The average Bonchev–Trinajstić information content (AvgIpc) is 2.51. The lowest BCUT2D eigenvalue weighted by Crippen LogP contribution is -2.41. The van der Waals surface area contributed by atoms with Crippen LogP contribution in [0.1, 0.15) is 25.7 Å². The lowest BCUT2D eigenvalue weighted by Gasteiger charge is -2.33. The van der Waals surface area contributed by atoms with Gasteiger partial charge in [-0.25, -0.2) is 0 Å². The van der Waals surface area contributed by atoms with Crippen molar-refractivity contribution in [3.05, 3.63) is 0 Å². The zero-order valence-electron chi connectivity index (χ0n) is 8.41. The topological polar surface area (TPSA) is 55.8 Å². The van der Waals surface area contributed by atoms with Crippen molar-refractivity contribution in [3.63, 3.8) is 0 Å². The van der Waals surface area contributed by atoms with Gasteiger partial charge in [-0.1, -0.05) is 0 Å². The van der Waals surface area contributed by atoms with E-state index in [-0.39, 0.29) is 12.6 Å². The van der Waals surface area contributed by atoms with E-state index in [2.05, 4.69) is 0 Å². The van der Waals surface area contributed by atoms with Gasteiger partial charge in [0.1, 0.15) is 0 Å². The Labute approximate surface area is 83.2 Å². The predicted octanol–water partition coefficient (Wildman–Crippen LogP) is 0.481. The van der Waals surface area contributed by atoms with Crippen molar-refractivity contribution < 1.29 is 19.4 Å². The Kier molecular flexibility index (Phi) is 2.27. The van der Waals surface area contributed by atoms with Crippen molar-refractivity contribution >= 4 is 5.97 Å². The molecule has 1 saturated heterocycles. The van der Waals surface area contributed by atoms with E-state index in [1.165, 1.54) is 7.11 Å². The van der Waals surface area contributed by atoms with Gasteiger partial charge >= 0.3 is 5.97 Å². The van der Waals surface area contributed by atoms with Crippen molar-refractivity contribution in [2.24, 2.45) is 5.41 Å². The number of carbonyl (C=O) groups excluding carboxylic acids is 1. The molecule has 0 amide bonds. The van der Waals surface area contributed by atoms with E-state index in [4.69, 9.17) is 9.47 Å². The normalized spacial score (nSPS) is 41.0. The molecule has 80 valence electrons. The van der Waals surface area contributed by atoms with E-state index < -0.39 is 11.0 Å². The summed E-state index contributed by atoms with van der Waals surface area (Å²) in [6, 6.07) is 0. The molecule has 0 aromatic heterocycles. The van der Waals surface area contributed by atoms with Crippen LogP contribution >= 0.6 is 0 Å². The van der Waals surface area contributed by atoms with E-state index in [1.807, 2.05) is 0 Å². The molecule has 0 spiro atoms. The van der Waals surface area contributed by atoms with Crippen LogP contribution in [-0.2, 0) is 14.3 Å². The summed E-state index contributed by atoms with van der Waals surface area (Å²) in [7, 11) is 1.41. The number of hydrogen-bond donors (Lipinski definition) is 1. The van der Waals surface area contributed by atoms with Crippen LogP contribution < -0.4 is 0 Å². The van der Waals surface area contributed by atoms with Gasteiger partial charge in [0.15, 0.2) is 0 Å². The number of fused-ring (bicyclic) bond motifs is 2. The van der Waals surface area contributed by atoms with E-state index in [1.54, 1.807) is 0 Å². The number of hydrogen-bond acceptors (Lipinski definition) is 4. The number of aliphatic hydroxyl groups is 1. The zero-order valence-corrected chi connectivity index (χ0v) is 8.41. The molecule has 4 nitrogen and oxygen atoms in total. The van der Waals surface area contributed by atoms with E-state index in [9.17, 15) is 9.90 Å². The highest BCUT2D eigenvalue weighted by Crippen LogP contribution is 2.50. The third-order valence-corrected chi connectivity index (χ3v) is 3.51. The van der Waals surface area contributed by atoms with Gasteiger partial charge in [0, 0.05) is 0 Å². The van der Waals surface area contributed by atoms with Crippen LogP contribution in [0.15, 0.2) is 0 Å². The molecule has 2 atom stereocenters. The predicted molar refractivity (Wildman–Crippen MR) is 48.7 cm³/mol. The van der Waals surface area contributed by atoms with Gasteiger partial charge in [-0.3, -0.25) is 4.79 Å². The summed E-state index contributed by atoms with van der Waals surface area (Å²) in [5.41, 5.74) is -0.942. The minimum Gasteiger partial charge on any atom is -0.469 e. The van der Waals surface area contributed by atoms with E-state index >= 15 is 0 Å². The standard InChI is InChI=1S/C10H16O4/c1-13-8(12)9-3-2-4-10(5-9,6-11)14-7-9/h11H,2-7H2,1H3/t9-,10?/m0/s1. The maximum absolute atomic E-state index is 11.6. The van der Waals surface area contributed by atoms with Crippen LogP contribution in [0.25, 0.3) is 0 Å². The first-order valence-electron chi connectivity index (χ1n) is 5.00. The minimum atomic E-state index is -0.476. The molecular formula is C10H16O4. The molecule has 0 aromatic rings.